The highest BCUT2D eigenvalue weighted by atomic mass is 32.2. The Morgan fingerprint density at radius 3 is 2.84 bits per heavy atom. The van der Waals surface area contributed by atoms with Gasteiger partial charge < -0.3 is 20.5 Å². The summed E-state index contributed by atoms with van der Waals surface area (Å²) in [7, 11) is 1.55. The lowest BCUT2D eigenvalue weighted by Gasteiger charge is -2.14. The molecule has 0 aromatic rings. The standard InChI is InChI=1S/C12H22N2O4S/c1-3-8-19-9-6-13-12(17)14-10(11(15)16)5-4-7-18-2/h3,10H,1,4-9H2,2H3,(H,15,16)(H2,13,14,17). The van der Waals surface area contributed by atoms with Crippen molar-refractivity contribution in [3.8, 4) is 0 Å². The summed E-state index contributed by atoms with van der Waals surface area (Å²) in [5, 5.41) is 14.0. The van der Waals surface area contributed by atoms with Crippen molar-refractivity contribution in [3.63, 3.8) is 0 Å². The normalized spacial score (nSPS) is 11.6. The van der Waals surface area contributed by atoms with Gasteiger partial charge in [0.1, 0.15) is 6.04 Å². The van der Waals surface area contributed by atoms with Crippen LogP contribution in [0.1, 0.15) is 12.8 Å². The van der Waals surface area contributed by atoms with Gasteiger partial charge in [0.05, 0.1) is 0 Å². The molecule has 0 aliphatic rings. The second-order valence-corrected chi connectivity index (χ2v) is 4.94. The van der Waals surface area contributed by atoms with Gasteiger partial charge in [0.2, 0.25) is 0 Å². The number of amides is 2. The van der Waals surface area contributed by atoms with Crippen LogP contribution in [0.2, 0.25) is 0 Å². The molecule has 110 valence electrons. The molecule has 0 aliphatic carbocycles. The van der Waals surface area contributed by atoms with Crippen molar-refractivity contribution in [2.45, 2.75) is 18.9 Å². The molecule has 19 heavy (non-hydrogen) atoms. The Hall–Kier alpha value is -1.21. The number of carbonyl (C=O) groups is 2. The Morgan fingerprint density at radius 1 is 1.53 bits per heavy atom. The minimum Gasteiger partial charge on any atom is -0.480 e. The van der Waals surface area contributed by atoms with Gasteiger partial charge in [0, 0.05) is 31.8 Å². The summed E-state index contributed by atoms with van der Waals surface area (Å²) < 4.78 is 4.85. The lowest BCUT2D eigenvalue weighted by atomic mass is 10.1. The topological polar surface area (TPSA) is 87.7 Å². The van der Waals surface area contributed by atoms with E-state index in [2.05, 4.69) is 17.2 Å². The van der Waals surface area contributed by atoms with Crippen LogP contribution in [0.15, 0.2) is 12.7 Å². The number of carboxylic acid groups (broad SMARTS) is 1. The second kappa shape index (κ2) is 11.9. The molecule has 0 fully saturated rings. The van der Waals surface area contributed by atoms with Crippen molar-refractivity contribution in [1.29, 1.82) is 0 Å². The molecule has 0 bridgehead atoms. The monoisotopic (exact) mass is 290 g/mol. The molecule has 0 heterocycles. The first-order valence-electron chi connectivity index (χ1n) is 6.06. The molecule has 6 nitrogen and oxygen atoms in total. The Kier molecular flexibility index (Phi) is 11.1. The minimum atomic E-state index is -1.03. The summed E-state index contributed by atoms with van der Waals surface area (Å²) in [5.41, 5.74) is 0. The molecule has 0 aromatic carbocycles. The van der Waals surface area contributed by atoms with Gasteiger partial charge in [-0.05, 0) is 12.8 Å². The van der Waals surface area contributed by atoms with E-state index in [0.29, 0.717) is 26.0 Å². The first-order valence-corrected chi connectivity index (χ1v) is 7.22. The quantitative estimate of drug-likeness (QED) is 0.391. The van der Waals surface area contributed by atoms with Crippen LogP contribution in [0.5, 0.6) is 0 Å². The number of carboxylic acids is 1. The number of carbonyl (C=O) groups excluding carboxylic acids is 1. The number of nitrogens with one attached hydrogen (secondary N) is 2. The minimum absolute atomic E-state index is 0.349. The zero-order valence-electron chi connectivity index (χ0n) is 11.2. The first-order chi connectivity index (χ1) is 9.11. The van der Waals surface area contributed by atoms with E-state index in [4.69, 9.17) is 9.84 Å². The number of hydrogen-bond acceptors (Lipinski definition) is 4. The second-order valence-electron chi connectivity index (χ2n) is 3.79. The number of urea groups is 1. The van der Waals surface area contributed by atoms with Gasteiger partial charge >= 0.3 is 12.0 Å². The largest absolute Gasteiger partial charge is 0.480 e. The molecule has 0 saturated heterocycles. The fourth-order valence-electron chi connectivity index (χ4n) is 1.30. The molecule has 1 atom stereocenters. The fourth-order valence-corrected chi connectivity index (χ4v) is 1.88. The third-order valence-corrected chi connectivity index (χ3v) is 3.18. The van der Waals surface area contributed by atoms with Crippen LogP contribution in [-0.2, 0) is 9.53 Å². The maximum atomic E-state index is 11.5. The third kappa shape index (κ3) is 10.4. The molecular weight excluding hydrogens is 268 g/mol. The molecule has 0 aromatic heterocycles. The smallest absolute Gasteiger partial charge is 0.326 e. The average molecular weight is 290 g/mol. The molecule has 0 saturated carbocycles. The van der Waals surface area contributed by atoms with Gasteiger partial charge in [-0.25, -0.2) is 9.59 Å². The maximum absolute atomic E-state index is 11.5. The van der Waals surface area contributed by atoms with E-state index >= 15 is 0 Å². The molecule has 7 heteroatoms. The van der Waals surface area contributed by atoms with Crippen LogP contribution in [0, 0.1) is 0 Å². The molecule has 0 aliphatic heterocycles. The Balaban J connectivity index is 3.83. The molecule has 0 rings (SSSR count). The SMILES string of the molecule is C=CCSCCNC(=O)NC(CCCOC)C(=O)O. The van der Waals surface area contributed by atoms with Crippen molar-refractivity contribution in [1.82, 2.24) is 10.6 Å². The highest BCUT2D eigenvalue weighted by Gasteiger charge is 2.18. The Labute approximate surface area is 118 Å². The summed E-state index contributed by atoms with van der Waals surface area (Å²) in [6.07, 6.45) is 2.73. The summed E-state index contributed by atoms with van der Waals surface area (Å²) in [6.45, 7) is 4.56. The first kappa shape index (κ1) is 17.8. The average Bonchev–Trinajstić information content (AvgIpc) is 2.37. The van der Waals surface area contributed by atoms with Crippen LogP contribution in [0.25, 0.3) is 0 Å². The molecule has 1 unspecified atom stereocenters. The number of ether oxygens (including phenoxy) is 1. The molecule has 3 N–H and O–H groups in total. The highest BCUT2D eigenvalue weighted by Crippen LogP contribution is 1.99. The van der Waals surface area contributed by atoms with Crippen LogP contribution >= 0.6 is 11.8 Å². The summed E-state index contributed by atoms with van der Waals surface area (Å²) >= 11 is 1.64. The van der Waals surface area contributed by atoms with Gasteiger partial charge in [-0.3, -0.25) is 0 Å². The maximum Gasteiger partial charge on any atom is 0.326 e. The van der Waals surface area contributed by atoms with E-state index in [1.165, 1.54) is 0 Å². The summed E-state index contributed by atoms with van der Waals surface area (Å²) in [6, 6.07) is -1.33. The van der Waals surface area contributed by atoms with Crippen LogP contribution in [0.3, 0.4) is 0 Å². The predicted molar refractivity (Wildman–Crippen MR) is 76.6 cm³/mol. The van der Waals surface area contributed by atoms with Crippen molar-refractivity contribution >= 4 is 23.8 Å². The van der Waals surface area contributed by atoms with E-state index in [1.54, 1.807) is 24.9 Å². The molecule has 0 spiro atoms. The van der Waals surface area contributed by atoms with E-state index in [1.807, 2.05) is 0 Å². The van der Waals surface area contributed by atoms with Gasteiger partial charge in [0.25, 0.3) is 0 Å². The zero-order chi connectivity index (χ0) is 14.5. The van der Waals surface area contributed by atoms with Crippen molar-refractivity contribution in [2.75, 3.05) is 31.8 Å². The third-order valence-electron chi connectivity index (χ3n) is 2.21. The molecule has 2 amide bonds. The summed E-state index contributed by atoms with van der Waals surface area (Å²) in [4.78, 5) is 22.4. The number of thioether (sulfide) groups is 1. The van der Waals surface area contributed by atoms with Crippen molar-refractivity contribution in [3.05, 3.63) is 12.7 Å². The van der Waals surface area contributed by atoms with Gasteiger partial charge in [-0.1, -0.05) is 6.08 Å². The summed E-state index contributed by atoms with van der Waals surface area (Å²) in [5.74, 6) is 0.561. The van der Waals surface area contributed by atoms with Gasteiger partial charge in [-0.2, -0.15) is 11.8 Å². The van der Waals surface area contributed by atoms with Crippen molar-refractivity contribution in [2.24, 2.45) is 0 Å². The molecule has 0 radical (unpaired) electrons. The lowest BCUT2D eigenvalue weighted by molar-refractivity contribution is -0.139. The number of aliphatic carboxylic acids is 1. The van der Waals surface area contributed by atoms with Crippen molar-refractivity contribution < 1.29 is 19.4 Å². The van der Waals surface area contributed by atoms with E-state index in [0.717, 1.165) is 11.5 Å². The van der Waals surface area contributed by atoms with Gasteiger partial charge in [0.15, 0.2) is 0 Å². The van der Waals surface area contributed by atoms with E-state index in [-0.39, 0.29) is 0 Å². The van der Waals surface area contributed by atoms with E-state index in [9.17, 15) is 9.59 Å². The number of hydrogen-bond donors (Lipinski definition) is 3. The highest BCUT2D eigenvalue weighted by molar-refractivity contribution is 7.99. The van der Waals surface area contributed by atoms with Crippen LogP contribution in [0.4, 0.5) is 4.79 Å². The Bertz CT molecular complexity index is 287. The predicted octanol–water partition coefficient (Wildman–Crippen LogP) is 1.08. The van der Waals surface area contributed by atoms with Gasteiger partial charge in [-0.15, -0.1) is 6.58 Å². The Morgan fingerprint density at radius 2 is 2.26 bits per heavy atom. The van der Waals surface area contributed by atoms with E-state index < -0.39 is 18.0 Å². The van der Waals surface area contributed by atoms with Crippen LogP contribution < -0.4 is 10.6 Å². The van der Waals surface area contributed by atoms with Crippen LogP contribution in [-0.4, -0.2) is 54.9 Å². The number of rotatable bonds is 11. The zero-order valence-corrected chi connectivity index (χ0v) is 12.0. The fraction of sp³-hybridized carbons (Fsp3) is 0.667. The number of methoxy groups -OCH3 is 1. The lowest BCUT2D eigenvalue weighted by Crippen LogP contribution is -2.46. The molecular formula is C12H22N2O4S.